The van der Waals surface area contributed by atoms with E-state index in [1.807, 2.05) is 0 Å². The molecule has 0 aromatic heterocycles. The molecule has 0 amide bonds. The molecular formula is C13H26LiP. The van der Waals surface area contributed by atoms with Gasteiger partial charge in [0, 0.05) is 0 Å². The van der Waals surface area contributed by atoms with Gasteiger partial charge in [0.25, 0.3) is 0 Å². The van der Waals surface area contributed by atoms with Gasteiger partial charge in [-0.25, -0.2) is 0 Å². The van der Waals surface area contributed by atoms with Crippen LogP contribution in [-0.2, 0) is 0 Å². The third-order valence-corrected chi connectivity index (χ3v) is 5.60. The Morgan fingerprint density at radius 1 is 1.07 bits per heavy atom. The zero-order valence-electron chi connectivity index (χ0n) is 11.7. The molecule has 1 aliphatic carbocycles. The predicted octanol–water partition coefficient (Wildman–Crippen LogP) is 1.25. The molecule has 0 aromatic carbocycles. The summed E-state index contributed by atoms with van der Waals surface area (Å²) < 4.78 is 0. The van der Waals surface area contributed by atoms with Crippen LogP contribution in [0, 0.1) is 29.6 Å². The maximum Gasteiger partial charge on any atom is 1.00 e. The molecule has 0 bridgehead atoms. The van der Waals surface area contributed by atoms with Crippen LogP contribution < -0.4 is 18.9 Å². The second kappa shape index (κ2) is 6.69. The quantitative estimate of drug-likeness (QED) is 0.381. The molecule has 0 aliphatic heterocycles. The fourth-order valence-corrected chi connectivity index (χ4v) is 3.73. The summed E-state index contributed by atoms with van der Waals surface area (Å²) in [5.74, 6) is 5.36. The first-order valence-electron chi connectivity index (χ1n) is 5.93. The van der Waals surface area contributed by atoms with Gasteiger partial charge in [0.1, 0.15) is 0 Å². The van der Waals surface area contributed by atoms with Crippen molar-refractivity contribution >= 4 is 7.92 Å². The molecule has 84 valence electrons. The second-order valence-corrected chi connectivity index (χ2v) is 8.04. The molecule has 15 heavy (non-hydrogen) atoms. The smallest absolute Gasteiger partial charge is 0.311 e. The topological polar surface area (TPSA) is 0 Å². The number of rotatable bonds is 3. The van der Waals surface area contributed by atoms with Gasteiger partial charge in [0.2, 0.25) is 0 Å². The van der Waals surface area contributed by atoms with E-state index in [4.69, 9.17) is 0 Å². The van der Waals surface area contributed by atoms with E-state index in [-0.39, 0.29) is 18.9 Å². The third-order valence-electron chi connectivity index (χ3n) is 4.45. The maximum atomic E-state index is 2.45. The van der Waals surface area contributed by atoms with Crippen LogP contribution in [0.15, 0.2) is 0 Å². The first-order chi connectivity index (χ1) is 6.45. The Hall–Kier alpha value is 1.03. The van der Waals surface area contributed by atoms with E-state index in [1.54, 1.807) is 5.92 Å². The molecule has 1 rings (SSSR count). The van der Waals surface area contributed by atoms with Crippen molar-refractivity contribution in [3.05, 3.63) is 5.92 Å². The molecule has 1 aliphatic rings. The van der Waals surface area contributed by atoms with Crippen molar-refractivity contribution in [1.82, 2.24) is 0 Å². The molecular weight excluding hydrogens is 194 g/mol. The summed E-state index contributed by atoms with van der Waals surface area (Å²) in [5.41, 5.74) is 0. The summed E-state index contributed by atoms with van der Waals surface area (Å²) in [7, 11) is 0.307. The Balaban J connectivity index is 0.00000196. The standard InChI is InChI=1S/C13H26P.Li/c1-9-10(2)12(4)13(11(9)3)7-8-14(5)6;/h9,11-13H,7-8H2,1-6H3;/q-1;+1. The molecule has 4 atom stereocenters. The van der Waals surface area contributed by atoms with E-state index in [1.165, 1.54) is 12.6 Å². The third kappa shape index (κ3) is 3.76. The van der Waals surface area contributed by atoms with Gasteiger partial charge in [-0.2, -0.15) is 18.8 Å². The molecule has 4 unspecified atom stereocenters. The van der Waals surface area contributed by atoms with Crippen molar-refractivity contribution in [3.63, 3.8) is 0 Å². The van der Waals surface area contributed by atoms with Crippen LogP contribution in [0.2, 0.25) is 0 Å². The first-order valence-corrected chi connectivity index (χ1v) is 8.35. The van der Waals surface area contributed by atoms with Crippen LogP contribution in [0.25, 0.3) is 0 Å². The summed E-state index contributed by atoms with van der Waals surface area (Å²) in [4.78, 5) is 0. The minimum atomic E-state index is 0. The van der Waals surface area contributed by atoms with Gasteiger partial charge in [-0.05, 0) is 25.9 Å². The van der Waals surface area contributed by atoms with Gasteiger partial charge < -0.3 is 5.92 Å². The number of hydrogen-bond donors (Lipinski definition) is 0. The van der Waals surface area contributed by atoms with Gasteiger partial charge in [-0.15, -0.1) is 7.92 Å². The molecule has 1 saturated carbocycles. The maximum absolute atomic E-state index is 2.45. The molecule has 0 radical (unpaired) electrons. The molecule has 0 saturated heterocycles. The van der Waals surface area contributed by atoms with E-state index in [9.17, 15) is 0 Å². The monoisotopic (exact) mass is 220 g/mol. The summed E-state index contributed by atoms with van der Waals surface area (Å²) in [6, 6.07) is 0. The Bertz CT molecular complexity index is 167. The van der Waals surface area contributed by atoms with Crippen molar-refractivity contribution in [1.29, 1.82) is 0 Å². The Labute approximate surface area is 110 Å². The van der Waals surface area contributed by atoms with Gasteiger partial charge in [0.15, 0.2) is 0 Å². The first kappa shape index (κ1) is 16.0. The summed E-state index contributed by atoms with van der Waals surface area (Å²) in [6.45, 7) is 14.5. The summed E-state index contributed by atoms with van der Waals surface area (Å²) in [6.07, 6.45) is 2.93. The van der Waals surface area contributed by atoms with E-state index < -0.39 is 0 Å². The molecule has 0 nitrogen and oxygen atoms in total. The molecule has 0 aromatic rings. The Kier molecular flexibility index (Phi) is 7.15. The molecule has 0 N–H and O–H groups in total. The largest absolute Gasteiger partial charge is 1.00 e. The Morgan fingerprint density at radius 3 is 1.93 bits per heavy atom. The van der Waals surface area contributed by atoms with Crippen molar-refractivity contribution in [2.24, 2.45) is 23.7 Å². The minimum Gasteiger partial charge on any atom is -0.311 e. The van der Waals surface area contributed by atoms with E-state index in [0.717, 1.165) is 23.7 Å². The minimum absolute atomic E-state index is 0. The van der Waals surface area contributed by atoms with Crippen LogP contribution in [0.3, 0.4) is 0 Å². The van der Waals surface area contributed by atoms with Crippen LogP contribution in [0.4, 0.5) is 0 Å². The normalized spacial score (nSPS) is 37.0. The molecule has 2 heteroatoms. The van der Waals surface area contributed by atoms with Gasteiger partial charge in [-0.3, -0.25) is 0 Å². The van der Waals surface area contributed by atoms with Gasteiger partial charge in [0.05, 0.1) is 0 Å². The average Bonchev–Trinajstić information content (AvgIpc) is 2.29. The SMILES string of the molecule is C[C-]1C(C)C(C)C(CCP(C)C)C1C.[Li+]. The molecule has 0 heterocycles. The summed E-state index contributed by atoms with van der Waals surface area (Å²) >= 11 is 0. The zero-order valence-corrected chi connectivity index (χ0v) is 12.6. The Morgan fingerprint density at radius 2 is 1.60 bits per heavy atom. The predicted molar refractivity (Wildman–Crippen MR) is 68.2 cm³/mol. The van der Waals surface area contributed by atoms with E-state index in [2.05, 4.69) is 41.0 Å². The second-order valence-electron chi connectivity index (χ2n) is 5.44. The number of hydrogen-bond acceptors (Lipinski definition) is 0. The van der Waals surface area contributed by atoms with E-state index >= 15 is 0 Å². The zero-order chi connectivity index (χ0) is 10.9. The van der Waals surface area contributed by atoms with Crippen molar-refractivity contribution < 1.29 is 18.9 Å². The van der Waals surface area contributed by atoms with E-state index in [0.29, 0.717) is 7.92 Å². The fourth-order valence-electron chi connectivity index (χ4n) is 2.91. The van der Waals surface area contributed by atoms with Gasteiger partial charge in [-0.1, -0.05) is 32.6 Å². The summed E-state index contributed by atoms with van der Waals surface area (Å²) in [5, 5.41) is 0. The van der Waals surface area contributed by atoms with Crippen molar-refractivity contribution in [2.75, 3.05) is 19.5 Å². The van der Waals surface area contributed by atoms with Gasteiger partial charge >= 0.3 is 18.9 Å². The molecule has 0 spiro atoms. The average molecular weight is 220 g/mol. The fraction of sp³-hybridized carbons (Fsp3) is 0.923. The van der Waals surface area contributed by atoms with Crippen LogP contribution in [0.5, 0.6) is 0 Å². The van der Waals surface area contributed by atoms with Crippen molar-refractivity contribution in [3.8, 4) is 0 Å². The van der Waals surface area contributed by atoms with Crippen LogP contribution >= 0.6 is 7.92 Å². The van der Waals surface area contributed by atoms with Crippen molar-refractivity contribution in [2.45, 2.75) is 34.1 Å². The van der Waals surface area contributed by atoms with Crippen LogP contribution in [0.1, 0.15) is 34.1 Å². The van der Waals surface area contributed by atoms with Crippen LogP contribution in [-0.4, -0.2) is 19.5 Å². The molecule has 1 fully saturated rings.